The van der Waals surface area contributed by atoms with Gasteiger partial charge in [0.1, 0.15) is 17.1 Å². The lowest BCUT2D eigenvalue weighted by atomic mass is 10.2. The summed E-state index contributed by atoms with van der Waals surface area (Å²) in [6, 6.07) is 13.7. The summed E-state index contributed by atoms with van der Waals surface area (Å²) in [6.07, 6.45) is 1.55. The van der Waals surface area contributed by atoms with Crippen LogP contribution < -0.4 is 4.90 Å². The summed E-state index contributed by atoms with van der Waals surface area (Å²) in [7, 11) is 0. The van der Waals surface area contributed by atoms with Crippen molar-refractivity contribution in [2.75, 3.05) is 4.90 Å². The first-order chi connectivity index (χ1) is 13.7. The second-order valence-corrected chi connectivity index (χ2v) is 7.98. The number of hydrogen-bond acceptors (Lipinski definition) is 6. The molecular weight excluding hydrogens is 397 g/mol. The fraction of sp³-hybridized carbons (Fsp3) is 0.0500. The van der Waals surface area contributed by atoms with Gasteiger partial charge in [-0.25, -0.2) is 14.4 Å². The van der Waals surface area contributed by atoms with Crippen molar-refractivity contribution in [2.24, 2.45) is 0 Å². The Hall–Kier alpha value is -3.10. The summed E-state index contributed by atoms with van der Waals surface area (Å²) >= 11 is 2.75. The molecule has 0 aliphatic carbocycles. The highest BCUT2D eigenvalue weighted by Crippen LogP contribution is 2.32. The van der Waals surface area contributed by atoms with Crippen LogP contribution in [-0.4, -0.2) is 15.9 Å². The largest absolute Gasteiger partial charge is 0.467 e. The van der Waals surface area contributed by atoms with Crippen LogP contribution in [0.1, 0.15) is 16.1 Å². The second-order valence-electron chi connectivity index (χ2n) is 6.09. The number of halogens is 1. The van der Waals surface area contributed by atoms with E-state index in [-0.39, 0.29) is 18.0 Å². The molecule has 5 aromatic rings. The van der Waals surface area contributed by atoms with E-state index in [1.807, 2.05) is 12.1 Å². The van der Waals surface area contributed by atoms with Gasteiger partial charge in [-0.3, -0.25) is 9.69 Å². The minimum atomic E-state index is -0.406. The summed E-state index contributed by atoms with van der Waals surface area (Å²) in [4.78, 5) is 23.5. The van der Waals surface area contributed by atoms with Gasteiger partial charge in [0.25, 0.3) is 5.91 Å². The van der Waals surface area contributed by atoms with Crippen molar-refractivity contribution >= 4 is 54.1 Å². The van der Waals surface area contributed by atoms with Gasteiger partial charge in [0.2, 0.25) is 0 Å². The monoisotopic (exact) mass is 409 g/mol. The number of para-hydroxylation sites is 1. The number of anilines is 1. The molecule has 8 heteroatoms. The van der Waals surface area contributed by atoms with Crippen LogP contribution >= 0.6 is 22.7 Å². The normalized spacial score (nSPS) is 11.3. The number of thiazole rings is 2. The zero-order valence-electron chi connectivity index (χ0n) is 14.3. The number of benzene rings is 2. The minimum absolute atomic E-state index is 0.202. The van der Waals surface area contributed by atoms with Crippen molar-refractivity contribution in [1.29, 1.82) is 0 Å². The summed E-state index contributed by atoms with van der Waals surface area (Å²) in [6.45, 7) is 0.202. The summed E-state index contributed by atoms with van der Waals surface area (Å²) in [5.74, 6) is -0.0189. The van der Waals surface area contributed by atoms with E-state index >= 15 is 0 Å². The molecule has 0 saturated carbocycles. The first-order valence-electron chi connectivity index (χ1n) is 8.41. The Balaban J connectivity index is 1.60. The minimum Gasteiger partial charge on any atom is -0.467 e. The number of carbonyl (C=O) groups is 1. The van der Waals surface area contributed by atoms with Gasteiger partial charge in [0, 0.05) is 5.56 Å². The molecule has 0 unspecified atom stereocenters. The second kappa shape index (κ2) is 6.81. The van der Waals surface area contributed by atoms with Crippen molar-refractivity contribution < 1.29 is 13.6 Å². The van der Waals surface area contributed by atoms with Crippen LogP contribution in [0.3, 0.4) is 0 Å². The molecule has 2 aromatic carbocycles. The van der Waals surface area contributed by atoms with Crippen molar-refractivity contribution in [2.45, 2.75) is 6.54 Å². The smallest absolute Gasteiger partial charge is 0.260 e. The van der Waals surface area contributed by atoms with E-state index in [9.17, 15) is 9.18 Å². The molecule has 5 nitrogen and oxygen atoms in total. The number of fused-ring (bicyclic) bond motifs is 2. The van der Waals surface area contributed by atoms with Crippen LogP contribution in [0.25, 0.3) is 20.4 Å². The van der Waals surface area contributed by atoms with Crippen molar-refractivity contribution in [1.82, 2.24) is 9.97 Å². The Labute approximate surface area is 166 Å². The molecule has 28 heavy (non-hydrogen) atoms. The molecule has 0 saturated heterocycles. The zero-order chi connectivity index (χ0) is 19.1. The van der Waals surface area contributed by atoms with Crippen LogP contribution in [0.2, 0.25) is 0 Å². The number of amides is 1. The quantitative estimate of drug-likeness (QED) is 0.394. The van der Waals surface area contributed by atoms with Crippen LogP contribution in [0, 0.1) is 5.82 Å². The van der Waals surface area contributed by atoms with Crippen LogP contribution in [0.15, 0.2) is 64.7 Å². The van der Waals surface area contributed by atoms with E-state index in [0.29, 0.717) is 21.2 Å². The van der Waals surface area contributed by atoms with Gasteiger partial charge in [-0.1, -0.05) is 17.4 Å². The van der Waals surface area contributed by atoms with Gasteiger partial charge in [-0.2, -0.15) is 0 Å². The van der Waals surface area contributed by atoms with E-state index in [1.165, 1.54) is 33.6 Å². The molecule has 0 aliphatic rings. The summed E-state index contributed by atoms with van der Waals surface area (Å²) in [5.41, 5.74) is 3.37. The van der Waals surface area contributed by atoms with E-state index in [4.69, 9.17) is 4.42 Å². The molecule has 0 spiro atoms. The Kier molecular flexibility index (Phi) is 4.14. The number of furan rings is 1. The third kappa shape index (κ3) is 2.96. The maximum Gasteiger partial charge on any atom is 0.260 e. The van der Waals surface area contributed by atoms with Gasteiger partial charge in [-0.15, -0.1) is 11.3 Å². The third-order valence-electron chi connectivity index (χ3n) is 4.31. The summed E-state index contributed by atoms with van der Waals surface area (Å²) in [5, 5.41) is 0.422. The van der Waals surface area contributed by atoms with Gasteiger partial charge >= 0.3 is 0 Å². The van der Waals surface area contributed by atoms with E-state index in [0.717, 1.165) is 10.2 Å². The highest BCUT2D eigenvalue weighted by molar-refractivity contribution is 7.22. The van der Waals surface area contributed by atoms with E-state index < -0.39 is 5.82 Å². The topological polar surface area (TPSA) is 59.2 Å². The first-order valence-corrected chi connectivity index (χ1v) is 10.1. The lowest BCUT2D eigenvalue weighted by Gasteiger charge is -2.18. The van der Waals surface area contributed by atoms with Gasteiger partial charge < -0.3 is 4.42 Å². The van der Waals surface area contributed by atoms with Crippen molar-refractivity contribution in [3.63, 3.8) is 0 Å². The number of aromatic nitrogens is 2. The Morgan fingerprint density at radius 1 is 1.14 bits per heavy atom. The van der Waals surface area contributed by atoms with Gasteiger partial charge in [-0.05, 0) is 42.5 Å². The number of rotatable bonds is 4. The molecule has 0 radical (unpaired) electrons. The molecule has 0 fully saturated rings. The van der Waals surface area contributed by atoms with Gasteiger partial charge in [0.05, 0.1) is 33.2 Å². The van der Waals surface area contributed by atoms with E-state index in [2.05, 4.69) is 9.97 Å². The van der Waals surface area contributed by atoms with Crippen LogP contribution in [0.4, 0.5) is 9.52 Å². The highest BCUT2D eigenvalue weighted by atomic mass is 32.1. The van der Waals surface area contributed by atoms with Crippen LogP contribution in [0.5, 0.6) is 0 Å². The van der Waals surface area contributed by atoms with Crippen molar-refractivity contribution in [3.05, 3.63) is 77.4 Å². The lowest BCUT2D eigenvalue weighted by Crippen LogP contribution is -2.30. The number of nitrogens with zero attached hydrogens (tertiary/aromatic N) is 3. The molecule has 0 N–H and O–H groups in total. The maximum absolute atomic E-state index is 14.1. The van der Waals surface area contributed by atoms with Crippen molar-refractivity contribution in [3.8, 4) is 0 Å². The standard InChI is InChI=1S/C20H12FN3O2S2/c21-14-4-1-5-16-18(14)23-20(28-16)24(10-13-3-2-8-26-13)19(25)12-6-7-15-17(9-12)27-11-22-15/h1-9,11H,10H2. The maximum atomic E-state index is 14.1. The average Bonchev–Trinajstić information content (AvgIpc) is 3.45. The fourth-order valence-corrected chi connectivity index (χ4v) is 4.64. The zero-order valence-corrected chi connectivity index (χ0v) is 16.0. The fourth-order valence-electron chi connectivity index (χ4n) is 2.95. The molecule has 3 heterocycles. The van der Waals surface area contributed by atoms with E-state index in [1.54, 1.807) is 42.1 Å². The number of carbonyl (C=O) groups excluding carboxylic acids is 1. The number of hydrogen-bond donors (Lipinski definition) is 0. The highest BCUT2D eigenvalue weighted by Gasteiger charge is 2.24. The molecular formula is C20H12FN3O2S2. The third-order valence-corrected chi connectivity index (χ3v) is 6.14. The lowest BCUT2D eigenvalue weighted by molar-refractivity contribution is 0.0983. The molecule has 3 aromatic heterocycles. The predicted molar refractivity (Wildman–Crippen MR) is 108 cm³/mol. The first kappa shape index (κ1) is 17.0. The Morgan fingerprint density at radius 3 is 2.89 bits per heavy atom. The predicted octanol–water partition coefficient (Wildman–Crippen LogP) is 5.49. The van der Waals surface area contributed by atoms with Gasteiger partial charge in [0.15, 0.2) is 5.13 Å². The Morgan fingerprint density at radius 2 is 2.07 bits per heavy atom. The molecule has 0 bridgehead atoms. The molecule has 1 amide bonds. The SMILES string of the molecule is O=C(c1ccc2ncsc2c1)N(Cc1ccco1)c1nc2c(F)cccc2s1. The molecule has 138 valence electrons. The summed E-state index contributed by atoms with van der Waals surface area (Å²) < 4.78 is 21.2. The van der Waals surface area contributed by atoms with Crippen LogP contribution in [-0.2, 0) is 6.54 Å². The molecule has 5 rings (SSSR count). The molecule has 0 aliphatic heterocycles. The molecule has 0 atom stereocenters. The average molecular weight is 409 g/mol. The Bertz CT molecular complexity index is 1290.